The van der Waals surface area contributed by atoms with Gasteiger partial charge in [-0.25, -0.2) is 0 Å². The van der Waals surface area contributed by atoms with E-state index in [1.165, 1.54) is 6.20 Å². The Kier molecular flexibility index (Phi) is 3.57. The van der Waals surface area contributed by atoms with E-state index in [2.05, 4.69) is 31.4 Å². The molecule has 84 valence electrons. The van der Waals surface area contributed by atoms with Gasteiger partial charge in [-0.05, 0) is 24.3 Å². The van der Waals surface area contributed by atoms with Gasteiger partial charge in [0.05, 0.1) is 22.5 Å². The maximum absolute atomic E-state index is 8.91. The molecule has 1 N–H and O–H groups in total. The van der Waals surface area contributed by atoms with Gasteiger partial charge in [0.15, 0.2) is 5.82 Å². The Labute approximate surface area is 111 Å². The van der Waals surface area contributed by atoms with Crippen LogP contribution in [0.25, 0.3) is 0 Å². The highest BCUT2D eigenvalue weighted by Crippen LogP contribution is 2.28. The molecule has 0 fully saturated rings. The summed E-state index contributed by atoms with van der Waals surface area (Å²) in [6.45, 7) is 0. The molecule has 0 aliphatic rings. The highest BCUT2D eigenvalue weighted by molar-refractivity contribution is 9.10. The largest absolute Gasteiger partial charge is 0.336 e. The minimum absolute atomic E-state index is 0.388. The molecule has 0 saturated heterocycles. The monoisotopic (exact) mass is 308 g/mol. The molecule has 0 atom stereocenters. The summed E-state index contributed by atoms with van der Waals surface area (Å²) < 4.78 is 0.882. The molecule has 0 amide bonds. The predicted molar refractivity (Wildman–Crippen MR) is 69.2 cm³/mol. The average molecular weight is 310 g/mol. The molecule has 0 aliphatic heterocycles. The summed E-state index contributed by atoms with van der Waals surface area (Å²) in [6, 6.07) is 9.01. The van der Waals surface area contributed by atoms with Crippen molar-refractivity contribution in [1.29, 1.82) is 5.26 Å². The van der Waals surface area contributed by atoms with E-state index in [1.54, 1.807) is 18.2 Å². The lowest BCUT2D eigenvalue weighted by Crippen LogP contribution is -1.98. The number of nitrogens with zero attached hydrogens (tertiary/aromatic N) is 3. The van der Waals surface area contributed by atoms with Gasteiger partial charge in [0.1, 0.15) is 6.07 Å². The van der Waals surface area contributed by atoms with E-state index >= 15 is 0 Å². The zero-order valence-electron chi connectivity index (χ0n) is 8.48. The Morgan fingerprint density at radius 1 is 1.35 bits per heavy atom. The Hall–Kier alpha value is -1.64. The molecule has 0 radical (unpaired) electrons. The summed E-state index contributed by atoms with van der Waals surface area (Å²) in [5.41, 5.74) is 1.09. The fraction of sp³-hybridized carbons (Fsp3) is 0. The van der Waals surface area contributed by atoms with E-state index in [-0.39, 0.29) is 0 Å². The van der Waals surface area contributed by atoms with Crippen molar-refractivity contribution in [3.8, 4) is 6.07 Å². The van der Waals surface area contributed by atoms with Crippen LogP contribution in [0, 0.1) is 11.3 Å². The zero-order valence-corrected chi connectivity index (χ0v) is 10.8. The standard InChI is InChI=1S/C11H6BrClN4/c12-8-1-2-10(9(13)5-8)16-11-7(6-14)3-4-15-17-11/h1-5H,(H,16,17). The van der Waals surface area contributed by atoms with E-state index in [9.17, 15) is 0 Å². The van der Waals surface area contributed by atoms with Crippen LogP contribution in [-0.4, -0.2) is 10.2 Å². The van der Waals surface area contributed by atoms with Gasteiger partial charge < -0.3 is 5.32 Å². The number of halogens is 2. The first-order chi connectivity index (χ1) is 8.20. The number of nitrogens with one attached hydrogen (secondary N) is 1. The fourth-order valence-electron chi connectivity index (χ4n) is 1.23. The van der Waals surface area contributed by atoms with Crippen molar-refractivity contribution in [1.82, 2.24) is 10.2 Å². The van der Waals surface area contributed by atoms with Crippen molar-refractivity contribution >= 4 is 39.0 Å². The molecule has 6 heteroatoms. The number of anilines is 2. The Morgan fingerprint density at radius 2 is 2.18 bits per heavy atom. The van der Waals surface area contributed by atoms with Crippen molar-refractivity contribution in [3.05, 3.63) is 45.5 Å². The first-order valence-corrected chi connectivity index (χ1v) is 5.81. The number of benzene rings is 1. The molecular weight excluding hydrogens is 304 g/mol. The van der Waals surface area contributed by atoms with Gasteiger partial charge in [-0.1, -0.05) is 27.5 Å². The molecule has 0 spiro atoms. The lowest BCUT2D eigenvalue weighted by atomic mass is 10.3. The zero-order chi connectivity index (χ0) is 12.3. The second kappa shape index (κ2) is 5.13. The van der Waals surface area contributed by atoms with E-state index in [1.807, 2.05) is 12.1 Å². The molecule has 0 bridgehead atoms. The summed E-state index contributed by atoms with van der Waals surface area (Å²) >= 11 is 9.37. The van der Waals surface area contributed by atoms with Gasteiger partial charge in [0, 0.05) is 4.47 Å². The Morgan fingerprint density at radius 3 is 2.88 bits per heavy atom. The molecule has 4 nitrogen and oxygen atoms in total. The van der Waals surface area contributed by atoms with Crippen LogP contribution in [0.5, 0.6) is 0 Å². The number of nitriles is 1. The van der Waals surface area contributed by atoms with Crippen molar-refractivity contribution in [3.63, 3.8) is 0 Å². The summed E-state index contributed by atoms with van der Waals surface area (Å²) in [6.07, 6.45) is 1.47. The molecule has 2 rings (SSSR count). The number of hydrogen-bond donors (Lipinski definition) is 1. The van der Waals surface area contributed by atoms with Gasteiger partial charge in [-0.15, -0.1) is 5.10 Å². The minimum atomic E-state index is 0.388. The molecule has 0 aliphatic carbocycles. The molecule has 0 unspecified atom stereocenters. The third-order valence-corrected chi connectivity index (χ3v) is 2.83. The normalized spacial score (nSPS) is 9.71. The van der Waals surface area contributed by atoms with E-state index in [0.29, 0.717) is 22.1 Å². The van der Waals surface area contributed by atoms with Crippen molar-refractivity contribution in [2.45, 2.75) is 0 Å². The minimum Gasteiger partial charge on any atom is -0.336 e. The second-order valence-corrected chi connectivity index (χ2v) is 4.48. The van der Waals surface area contributed by atoms with Crippen LogP contribution in [0.3, 0.4) is 0 Å². The van der Waals surface area contributed by atoms with Crippen molar-refractivity contribution in [2.75, 3.05) is 5.32 Å². The summed E-state index contributed by atoms with van der Waals surface area (Å²) in [5.74, 6) is 0.388. The number of rotatable bonds is 2. The molecule has 0 saturated carbocycles. The molecule has 1 aromatic carbocycles. The van der Waals surface area contributed by atoms with Crippen LogP contribution < -0.4 is 5.32 Å². The second-order valence-electron chi connectivity index (χ2n) is 3.15. The Balaban J connectivity index is 2.35. The van der Waals surface area contributed by atoms with Gasteiger partial charge in [0.2, 0.25) is 0 Å². The van der Waals surface area contributed by atoms with Crippen molar-refractivity contribution in [2.24, 2.45) is 0 Å². The highest BCUT2D eigenvalue weighted by Gasteiger charge is 2.06. The molecule has 17 heavy (non-hydrogen) atoms. The predicted octanol–water partition coefficient (Wildman–Crippen LogP) is 3.51. The molecule has 1 heterocycles. The summed E-state index contributed by atoms with van der Waals surface area (Å²) in [5, 5.41) is 20.0. The van der Waals surface area contributed by atoms with Gasteiger partial charge in [-0.2, -0.15) is 10.4 Å². The number of hydrogen-bond acceptors (Lipinski definition) is 4. The van der Waals surface area contributed by atoms with Crippen LogP contribution in [0.2, 0.25) is 5.02 Å². The van der Waals surface area contributed by atoms with Gasteiger partial charge in [-0.3, -0.25) is 0 Å². The molecule has 1 aromatic heterocycles. The lowest BCUT2D eigenvalue weighted by molar-refractivity contribution is 1.03. The van der Waals surface area contributed by atoms with E-state index < -0.39 is 0 Å². The molecule has 2 aromatic rings. The van der Waals surface area contributed by atoms with E-state index in [0.717, 1.165) is 4.47 Å². The maximum atomic E-state index is 8.91. The van der Waals surface area contributed by atoms with Crippen LogP contribution in [0.1, 0.15) is 5.56 Å². The quantitative estimate of drug-likeness (QED) is 0.922. The van der Waals surface area contributed by atoms with Crippen LogP contribution >= 0.6 is 27.5 Å². The third-order valence-electron chi connectivity index (χ3n) is 2.03. The fourth-order valence-corrected chi connectivity index (χ4v) is 1.95. The smallest absolute Gasteiger partial charge is 0.171 e. The summed E-state index contributed by atoms with van der Waals surface area (Å²) in [4.78, 5) is 0. The van der Waals surface area contributed by atoms with Gasteiger partial charge in [0.25, 0.3) is 0 Å². The topological polar surface area (TPSA) is 61.6 Å². The van der Waals surface area contributed by atoms with Crippen LogP contribution in [0.15, 0.2) is 34.9 Å². The maximum Gasteiger partial charge on any atom is 0.171 e. The summed E-state index contributed by atoms with van der Waals surface area (Å²) in [7, 11) is 0. The SMILES string of the molecule is N#Cc1ccnnc1Nc1ccc(Br)cc1Cl. The van der Waals surface area contributed by atoms with E-state index in [4.69, 9.17) is 16.9 Å². The van der Waals surface area contributed by atoms with Gasteiger partial charge >= 0.3 is 0 Å². The average Bonchev–Trinajstić information content (AvgIpc) is 2.33. The molecular formula is C11H6BrClN4. The Bertz CT molecular complexity index is 594. The number of aromatic nitrogens is 2. The van der Waals surface area contributed by atoms with Crippen molar-refractivity contribution < 1.29 is 0 Å². The highest BCUT2D eigenvalue weighted by atomic mass is 79.9. The first kappa shape index (κ1) is 11.8. The third kappa shape index (κ3) is 2.73. The first-order valence-electron chi connectivity index (χ1n) is 4.64. The van der Waals surface area contributed by atoms with Crippen LogP contribution in [0.4, 0.5) is 11.5 Å². The van der Waals surface area contributed by atoms with Crippen LogP contribution in [-0.2, 0) is 0 Å². The lowest BCUT2D eigenvalue weighted by Gasteiger charge is -2.08.